The molecule has 4 heterocycles. The molecule has 1 aliphatic carbocycles. The highest BCUT2D eigenvalue weighted by molar-refractivity contribution is 5.96. The van der Waals surface area contributed by atoms with Gasteiger partial charge in [-0.05, 0) is 12.0 Å². The molecule has 2 fully saturated rings. The largest absolute Gasteiger partial charge is 0.484 e. The van der Waals surface area contributed by atoms with Crippen LogP contribution < -0.4 is 25.1 Å². The molecule has 9 nitrogen and oxygen atoms in total. The number of amidine groups is 1. The van der Waals surface area contributed by atoms with Gasteiger partial charge in [-0.25, -0.2) is 9.56 Å². The van der Waals surface area contributed by atoms with E-state index in [-0.39, 0.29) is 23.9 Å². The summed E-state index contributed by atoms with van der Waals surface area (Å²) in [6.45, 7) is 2.47. The number of nitrogens with zero attached hydrogens (tertiary/aromatic N) is 2. The molecule has 1 aromatic rings. The zero-order chi connectivity index (χ0) is 22.1. The Balaban J connectivity index is 1.21. The van der Waals surface area contributed by atoms with Crippen molar-refractivity contribution in [2.45, 2.75) is 36.7 Å². The molecule has 1 aromatic heterocycles. The lowest BCUT2D eigenvalue weighted by atomic mass is 10.0. The summed E-state index contributed by atoms with van der Waals surface area (Å²) < 4.78 is 25.6. The predicted molar refractivity (Wildman–Crippen MR) is 117 cm³/mol. The van der Waals surface area contributed by atoms with E-state index in [1.165, 1.54) is 0 Å². The van der Waals surface area contributed by atoms with Crippen molar-refractivity contribution in [2.24, 2.45) is 0 Å². The smallest absolute Gasteiger partial charge is 0.362 e. The zero-order valence-electron chi connectivity index (χ0n) is 18.6. The topological polar surface area (TPSA) is 90.9 Å². The number of ether oxygens (including phenoxy) is 4. The molecule has 0 bridgehead atoms. The molecule has 1 spiro atoms. The highest BCUT2D eigenvalue weighted by atomic mass is 16.6. The Morgan fingerprint density at radius 3 is 3.12 bits per heavy atom. The van der Waals surface area contributed by atoms with Crippen molar-refractivity contribution in [2.75, 3.05) is 40.9 Å². The van der Waals surface area contributed by atoms with E-state index in [9.17, 15) is 0 Å². The summed E-state index contributed by atoms with van der Waals surface area (Å²) in [5.41, 5.74) is 0.803. The second kappa shape index (κ2) is 8.45. The molecular weight excluding hydrogens is 410 g/mol. The first-order valence-electron chi connectivity index (χ1n) is 10.9. The molecule has 0 radical (unpaired) electrons. The third-order valence-electron chi connectivity index (χ3n) is 6.10. The van der Waals surface area contributed by atoms with Crippen molar-refractivity contribution in [1.29, 1.82) is 0 Å². The zero-order valence-corrected chi connectivity index (χ0v) is 18.6. The van der Waals surface area contributed by atoms with Gasteiger partial charge in [0.05, 0.1) is 25.4 Å². The number of fused-ring (bicyclic) bond motifs is 1. The molecule has 4 atom stereocenters. The van der Waals surface area contributed by atoms with Crippen LogP contribution in [0.2, 0.25) is 0 Å². The van der Waals surface area contributed by atoms with Gasteiger partial charge in [-0.1, -0.05) is 0 Å². The molecule has 3 aliphatic heterocycles. The molecule has 4 aliphatic rings. The third-order valence-corrected chi connectivity index (χ3v) is 6.10. The maximum atomic E-state index is 6.24. The van der Waals surface area contributed by atoms with Gasteiger partial charge in [0.1, 0.15) is 37.6 Å². The van der Waals surface area contributed by atoms with Crippen LogP contribution in [0.3, 0.4) is 0 Å². The number of aromatic nitrogens is 1. The Morgan fingerprint density at radius 2 is 2.34 bits per heavy atom. The van der Waals surface area contributed by atoms with Crippen LogP contribution in [0.1, 0.15) is 12.0 Å². The molecular formula is C23H29N5O4+2. The van der Waals surface area contributed by atoms with Crippen LogP contribution in [-0.2, 0) is 15.9 Å². The first-order valence-corrected chi connectivity index (χ1v) is 10.9. The van der Waals surface area contributed by atoms with E-state index < -0.39 is 0 Å². The van der Waals surface area contributed by atoms with Gasteiger partial charge < -0.3 is 24.3 Å². The minimum Gasteiger partial charge on any atom is -0.484 e. The quantitative estimate of drug-likeness (QED) is 0.215. The highest BCUT2D eigenvalue weighted by Crippen LogP contribution is 2.43. The van der Waals surface area contributed by atoms with Crippen LogP contribution in [0.4, 0.5) is 0 Å². The van der Waals surface area contributed by atoms with Gasteiger partial charge in [0, 0.05) is 38.2 Å². The van der Waals surface area contributed by atoms with Crippen LogP contribution in [0.15, 0.2) is 24.4 Å². The molecule has 1 saturated heterocycles. The molecule has 168 valence electrons. The maximum Gasteiger partial charge on any atom is 0.362 e. The van der Waals surface area contributed by atoms with Gasteiger partial charge in [0.25, 0.3) is 5.84 Å². The van der Waals surface area contributed by atoms with Crippen molar-refractivity contribution < 1.29 is 28.5 Å². The molecule has 3 N–H and O–H groups in total. The van der Waals surface area contributed by atoms with Crippen molar-refractivity contribution in [3.05, 3.63) is 30.0 Å². The second-order valence-corrected chi connectivity index (χ2v) is 8.55. The normalized spacial score (nSPS) is 29.8. The molecule has 9 heteroatoms. The molecule has 3 unspecified atom stereocenters. The maximum absolute atomic E-state index is 6.24. The molecule has 32 heavy (non-hydrogen) atoms. The number of methoxy groups -OCH3 is 1. The van der Waals surface area contributed by atoms with Gasteiger partial charge in [-0.2, -0.15) is 4.99 Å². The Hall–Kier alpha value is -3.09. The van der Waals surface area contributed by atoms with E-state index in [0.29, 0.717) is 12.3 Å². The van der Waals surface area contributed by atoms with Gasteiger partial charge in [-0.3, -0.25) is 5.32 Å². The van der Waals surface area contributed by atoms with Crippen LogP contribution in [0.5, 0.6) is 11.6 Å². The number of morpholine rings is 1. The summed E-state index contributed by atoms with van der Waals surface area (Å²) in [4.78, 5) is 7.35. The summed E-state index contributed by atoms with van der Waals surface area (Å²) in [6.07, 6.45) is 7.11. The number of pyridine rings is 1. The van der Waals surface area contributed by atoms with E-state index >= 15 is 0 Å². The van der Waals surface area contributed by atoms with Crippen LogP contribution in [0.25, 0.3) is 0 Å². The summed E-state index contributed by atoms with van der Waals surface area (Å²) in [6, 6.07) is 4.70. The molecule has 5 rings (SSSR count). The SMILES string of the molecule is COc1nccc2c1CC(C1C#C[NH+]=C(/C=C\C(O[C@@H]3CC34CNCCO4)=[N+](C)C)N1)O2. The first kappa shape index (κ1) is 20.8. The average Bonchev–Trinajstić information content (AvgIpc) is 3.26. The van der Waals surface area contributed by atoms with Gasteiger partial charge in [-0.15, -0.1) is 0 Å². The van der Waals surface area contributed by atoms with Gasteiger partial charge in [0.15, 0.2) is 12.1 Å². The fourth-order valence-corrected chi connectivity index (χ4v) is 4.23. The summed E-state index contributed by atoms with van der Waals surface area (Å²) in [5, 5.41) is 6.81. The lowest BCUT2D eigenvalue weighted by Gasteiger charge is -2.23. The van der Waals surface area contributed by atoms with E-state index in [4.69, 9.17) is 18.9 Å². The Bertz CT molecular complexity index is 1040. The van der Waals surface area contributed by atoms with E-state index in [1.54, 1.807) is 13.3 Å². The van der Waals surface area contributed by atoms with Gasteiger partial charge in [0.2, 0.25) is 5.88 Å². The fraction of sp³-hybridized carbons (Fsp3) is 0.522. The van der Waals surface area contributed by atoms with Crippen molar-refractivity contribution in [3.8, 4) is 23.6 Å². The standard InChI is InChI=1S/C23H28N5O4/c1-28(2)21(32-19-13-23(19)14-24-10-11-30-23)5-4-20-25-8-6-16(27-20)18-12-15-17(31-18)7-9-26-22(15)29-3/h4-5,7,9,16,18-19,24H,10-14H2,1-3H3,(H,25,27)/q+1/p+1/b5-4-/t16?,18?,19-,23?/m1/s1. The number of hydrogen-bond acceptors (Lipinski definition) is 7. The van der Waals surface area contributed by atoms with Crippen molar-refractivity contribution >= 4 is 11.7 Å². The number of rotatable bonds is 5. The van der Waals surface area contributed by atoms with Crippen molar-refractivity contribution in [3.63, 3.8) is 0 Å². The highest BCUT2D eigenvalue weighted by Gasteiger charge is 2.59. The summed E-state index contributed by atoms with van der Waals surface area (Å²) in [5.74, 6) is 6.14. The average molecular weight is 440 g/mol. The third kappa shape index (κ3) is 4.04. The molecule has 1 saturated carbocycles. The Morgan fingerprint density at radius 1 is 1.44 bits per heavy atom. The number of nitrogens with one attached hydrogen (secondary N) is 3. The van der Waals surface area contributed by atoms with E-state index in [0.717, 1.165) is 49.2 Å². The monoisotopic (exact) mass is 439 g/mol. The van der Waals surface area contributed by atoms with Gasteiger partial charge >= 0.3 is 5.90 Å². The lowest BCUT2D eigenvalue weighted by Crippen LogP contribution is -2.74. The van der Waals surface area contributed by atoms with E-state index in [2.05, 4.69) is 32.6 Å². The summed E-state index contributed by atoms with van der Waals surface area (Å²) in [7, 11) is 5.56. The minimum absolute atomic E-state index is 0.0659. The summed E-state index contributed by atoms with van der Waals surface area (Å²) >= 11 is 0. The molecule has 0 aromatic carbocycles. The second-order valence-electron chi connectivity index (χ2n) is 8.55. The fourth-order valence-electron chi connectivity index (χ4n) is 4.23. The predicted octanol–water partition coefficient (Wildman–Crippen LogP) is -1.82. The van der Waals surface area contributed by atoms with Crippen LogP contribution in [0, 0.1) is 12.0 Å². The first-order chi connectivity index (χ1) is 15.6. The molecule has 0 amide bonds. The van der Waals surface area contributed by atoms with Crippen molar-refractivity contribution in [1.82, 2.24) is 15.6 Å². The van der Waals surface area contributed by atoms with Crippen LogP contribution in [-0.4, -0.2) is 86.0 Å². The van der Waals surface area contributed by atoms with Crippen LogP contribution >= 0.6 is 0 Å². The number of hydrogen-bond donors (Lipinski definition) is 3. The Kier molecular flexibility index (Phi) is 5.49. The Labute approximate surface area is 187 Å². The minimum atomic E-state index is -0.177. The lowest BCUT2D eigenvalue weighted by molar-refractivity contribution is -0.473. The van der Waals surface area contributed by atoms with E-state index in [1.807, 2.05) is 36.9 Å².